The van der Waals surface area contributed by atoms with Gasteiger partial charge in [0.2, 0.25) is 0 Å². The van der Waals surface area contributed by atoms with Crippen LogP contribution in [0.1, 0.15) is 23.7 Å². The van der Waals surface area contributed by atoms with Crippen molar-refractivity contribution >= 4 is 23.4 Å². The molecule has 0 bridgehead atoms. The second kappa shape index (κ2) is 9.47. The van der Waals surface area contributed by atoms with E-state index in [4.69, 9.17) is 4.74 Å². The van der Waals surface area contributed by atoms with Crippen LogP contribution < -0.4 is 20.3 Å². The average molecular weight is 434 g/mol. The number of rotatable bonds is 8. The van der Waals surface area contributed by atoms with Gasteiger partial charge in [0.05, 0.1) is 30.0 Å². The third kappa shape index (κ3) is 4.69. The molecule has 3 N–H and O–H groups in total. The summed E-state index contributed by atoms with van der Waals surface area (Å²) in [4.78, 5) is 25.6. The zero-order chi connectivity index (χ0) is 22.5. The largest absolute Gasteiger partial charge is 0.487 e. The number of para-hydroxylation sites is 1. The van der Waals surface area contributed by atoms with Crippen LogP contribution in [0.5, 0.6) is 5.75 Å². The number of nitrogens with one attached hydrogen (secondary N) is 2. The monoisotopic (exact) mass is 434 g/mol. The molecule has 0 saturated carbocycles. The fourth-order valence-corrected chi connectivity index (χ4v) is 3.65. The smallest absolute Gasteiger partial charge is 0.337 e. The fraction of sp³-hybridized carbons (Fsp3) is 0.250. The van der Waals surface area contributed by atoms with Crippen LogP contribution in [0.15, 0.2) is 67.0 Å². The number of aromatic nitrogens is 1. The van der Waals surface area contributed by atoms with Gasteiger partial charge in [-0.25, -0.2) is 9.59 Å². The van der Waals surface area contributed by atoms with E-state index in [0.29, 0.717) is 31.0 Å². The summed E-state index contributed by atoms with van der Waals surface area (Å²) in [6.07, 6.45) is 4.56. The van der Waals surface area contributed by atoms with E-state index in [1.165, 1.54) is 0 Å². The molecule has 2 amide bonds. The molecule has 0 radical (unpaired) electrons. The summed E-state index contributed by atoms with van der Waals surface area (Å²) in [5.41, 5.74) is 2.47. The van der Waals surface area contributed by atoms with Gasteiger partial charge in [-0.1, -0.05) is 13.0 Å². The summed E-state index contributed by atoms with van der Waals surface area (Å²) in [5, 5.41) is 15.2. The molecule has 166 valence electrons. The number of aromatic carboxylic acids is 1. The topological polar surface area (TPSA) is 95.8 Å². The van der Waals surface area contributed by atoms with E-state index >= 15 is 0 Å². The van der Waals surface area contributed by atoms with Crippen LogP contribution in [0.2, 0.25) is 0 Å². The van der Waals surface area contributed by atoms with E-state index in [0.717, 1.165) is 17.9 Å². The highest BCUT2D eigenvalue weighted by molar-refractivity contribution is 5.95. The van der Waals surface area contributed by atoms with Crippen molar-refractivity contribution in [2.75, 3.05) is 29.9 Å². The van der Waals surface area contributed by atoms with E-state index < -0.39 is 5.97 Å². The molecule has 1 aromatic heterocycles. The summed E-state index contributed by atoms with van der Waals surface area (Å²) in [6.45, 7) is 3.93. The maximum Gasteiger partial charge on any atom is 0.337 e. The molecule has 3 aromatic rings. The Morgan fingerprint density at radius 2 is 1.78 bits per heavy atom. The maximum atomic E-state index is 11.8. The Labute approximate surface area is 186 Å². The lowest BCUT2D eigenvalue weighted by molar-refractivity contribution is 0.0697. The van der Waals surface area contributed by atoms with E-state index in [1.807, 2.05) is 54.2 Å². The highest BCUT2D eigenvalue weighted by atomic mass is 16.5. The molecule has 2 heterocycles. The zero-order valence-corrected chi connectivity index (χ0v) is 17.8. The first kappa shape index (κ1) is 21.3. The number of carbonyl (C=O) groups is 2. The van der Waals surface area contributed by atoms with Crippen molar-refractivity contribution in [3.8, 4) is 11.4 Å². The molecule has 0 atom stereocenters. The maximum absolute atomic E-state index is 11.8. The number of nitrogens with zero attached hydrogens (tertiary/aromatic N) is 2. The number of hydrogen-bond acceptors (Lipinski definition) is 4. The molecule has 8 nitrogen and oxygen atoms in total. The SMILES string of the molecule is CCCNC(=O)Nc1ccc(OC2CN(c3cccc(C(=O)O)c3-n3cccc3)C2)cc1. The number of carboxylic acid groups (broad SMARTS) is 1. The molecule has 1 saturated heterocycles. The Kier molecular flexibility index (Phi) is 6.30. The predicted octanol–water partition coefficient (Wildman–Crippen LogP) is 3.97. The molecule has 2 aromatic carbocycles. The Morgan fingerprint density at radius 3 is 2.44 bits per heavy atom. The second-order valence-corrected chi connectivity index (χ2v) is 7.62. The predicted molar refractivity (Wildman–Crippen MR) is 123 cm³/mol. The minimum Gasteiger partial charge on any atom is -0.487 e. The van der Waals surface area contributed by atoms with Crippen molar-refractivity contribution < 1.29 is 19.4 Å². The molecular formula is C24H26N4O4. The van der Waals surface area contributed by atoms with Gasteiger partial charge in [-0.2, -0.15) is 0 Å². The van der Waals surface area contributed by atoms with Gasteiger partial charge in [0.1, 0.15) is 11.9 Å². The van der Waals surface area contributed by atoms with Gasteiger partial charge in [0.15, 0.2) is 0 Å². The highest BCUT2D eigenvalue weighted by Gasteiger charge is 2.31. The average Bonchev–Trinajstić information content (AvgIpc) is 3.29. The van der Waals surface area contributed by atoms with Gasteiger partial charge in [0, 0.05) is 24.6 Å². The van der Waals surface area contributed by atoms with Crippen molar-refractivity contribution in [2.45, 2.75) is 19.4 Å². The lowest BCUT2D eigenvalue weighted by Gasteiger charge is -2.41. The van der Waals surface area contributed by atoms with Gasteiger partial charge in [0.25, 0.3) is 0 Å². The first-order valence-corrected chi connectivity index (χ1v) is 10.6. The van der Waals surface area contributed by atoms with Crippen LogP contribution in [0.25, 0.3) is 5.69 Å². The van der Waals surface area contributed by atoms with Crippen LogP contribution in [0.3, 0.4) is 0 Å². The first-order chi connectivity index (χ1) is 15.5. The second-order valence-electron chi connectivity index (χ2n) is 7.62. The summed E-state index contributed by atoms with van der Waals surface area (Å²) < 4.78 is 7.87. The molecule has 1 fully saturated rings. The lowest BCUT2D eigenvalue weighted by atomic mass is 10.1. The van der Waals surface area contributed by atoms with E-state index in [-0.39, 0.29) is 17.7 Å². The van der Waals surface area contributed by atoms with Crippen LogP contribution in [0.4, 0.5) is 16.2 Å². The fourth-order valence-electron chi connectivity index (χ4n) is 3.65. The number of carbonyl (C=O) groups excluding carboxylic acids is 1. The van der Waals surface area contributed by atoms with Crippen molar-refractivity contribution in [1.82, 2.24) is 9.88 Å². The summed E-state index contributed by atoms with van der Waals surface area (Å²) in [6, 6.07) is 16.1. The van der Waals surface area contributed by atoms with Gasteiger partial charge >= 0.3 is 12.0 Å². The molecule has 0 spiro atoms. The van der Waals surface area contributed by atoms with Crippen LogP contribution >= 0.6 is 0 Å². The number of benzene rings is 2. The van der Waals surface area contributed by atoms with E-state index in [2.05, 4.69) is 15.5 Å². The molecule has 1 aliphatic heterocycles. The molecular weight excluding hydrogens is 408 g/mol. The minimum absolute atomic E-state index is 0.00680. The highest BCUT2D eigenvalue weighted by Crippen LogP contribution is 2.32. The number of urea groups is 1. The third-order valence-electron chi connectivity index (χ3n) is 5.25. The summed E-state index contributed by atoms with van der Waals surface area (Å²) in [7, 11) is 0. The summed E-state index contributed by atoms with van der Waals surface area (Å²) >= 11 is 0. The molecule has 0 unspecified atom stereocenters. The zero-order valence-electron chi connectivity index (χ0n) is 17.8. The standard InChI is InChI=1S/C24H26N4O4/c1-2-12-25-24(31)26-17-8-10-18(11-9-17)32-19-15-28(16-19)21-7-5-6-20(23(29)30)22(21)27-13-3-4-14-27/h3-11,13-14,19H,2,12,15-16H2,1H3,(H,29,30)(H2,25,26,31). The van der Waals surface area contributed by atoms with Crippen LogP contribution in [0, 0.1) is 0 Å². The Bertz CT molecular complexity index is 1070. The molecule has 4 rings (SSSR count). The number of carboxylic acids is 1. The van der Waals surface area contributed by atoms with Gasteiger partial charge in [-0.05, 0) is 55.0 Å². The third-order valence-corrected chi connectivity index (χ3v) is 5.25. The molecule has 0 aliphatic carbocycles. The van der Waals surface area contributed by atoms with Crippen molar-refractivity contribution in [3.05, 3.63) is 72.6 Å². The lowest BCUT2D eigenvalue weighted by Crippen LogP contribution is -2.54. The quantitative estimate of drug-likeness (QED) is 0.499. The minimum atomic E-state index is -0.957. The normalized spacial score (nSPS) is 13.3. The van der Waals surface area contributed by atoms with E-state index in [9.17, 15) is 14.7 Å². The number of amides is 2. The van der Waals surface area contributed by atoms with Gasteiger partial charge in [-0.15, -0.1) is 0 Å². The van der Waals surface area contributed by atoms with E-state index in [1.54, 1.807) is 24.3 Å². The van der Waals surface area contributed by atoms with Gasteiger partial charge < -0.3 is 29.9 Å². The van der Waals surface area contributed by atoms with Crippen molar-refractivity contribution in [3.63, 3.8) is 0 Å². The van der Waals surface area contributed by atoms with Gasteiger partial charge in [-0.3, -0.25) is 0 Å². The summed E-state index contributed by atoms with van der Waals surface area (Å²) in [5.74, 6) is -0.236. The molecule has 8 heteroatoms. The molecule has 32 heavy (non-hydrogen) atoms. The van der Waals surface area contributed by atoms with Crippen LogP contribution in [-0.2, 0) is 0 Å². The van der Waals surface area contributed by atoms with Crippen LogP contribution in [-0.4, -0.2) is 47.4 Å². The van der Waals surface area contributed by atoms with Crippen molar-refractivity contribution in [2.24, 2.45) is 0 Å². The Morgan fingerprint density at radius 1 is 1.06 bits per heavy atom. The van der Waals surface area contributed by atoms with Crippen molar-refractivity contribution in [1.29, 1.82) is 0 Å². The number of ether oxygens (including phenoxy) is 1. The first-order valence-electron chi connectivity index (χ1n) is 10.6. The molecule has 1 aliphatic rings. The number of hydrogen-bond donors (Lipinski definition) is 3. The number of anilines is 2. The Hall–Kier alpha value is -3.94. The Balaban J connectivity index is 1.38.